The van der Waals surface area contributed by atoms with E-state index < -0.39 is 17.7 Å². The second-order valence-electron chi connectivity index (χ2n) is 7.95. The number of nitrogens with zero attached hydrogens (tertiary/aromatic N) is 1. The van der Waals surface area contributed by atoms with Crippen molar-refractivity contribution < 1.29 is 24.2 Å². The Morgan fingerprint density at radius 1 is 0.939 bits per heavy atom. The topological polar surface area (TPSA) is 76.1 Å². The number of rotatable bonds is 6. The van der Waals surface area contributed by atoms with Gasteiger partial charge in [0.25, 0.3) is 11.7 Å². The van der Waals surface area contributed by atoms with E-state index in [0.29, 0.717) is 28.3 Å². The summed E-state index contributed by atoms with van der Waals surface area (Å²) in [5, 5.41) is 11.3. The van der Waals surface area contributed by atoms with Gasteiger partial charge < -0.3 is 14.6 Å². The molecule has 1 fully saturated rings. The lowest BCUT2D eigenvalue weighted by molar-refractivity contribution is -0.132. The molecule has 0 bridgehead atoms. The minimum atomic E-state index is -0.822. The Balaban J connectivity index is 1.92. The zero-order valence-electron chi connectivity index (χ0n) is 18.7. The Morgan fingerprint density at radius 3 is 2.33 bits per heavy atom. The van der Waals surface area contributed by atoms with Crippen molar-refractivity contribution >= 4 is 23.1 Å². The summed E-state index contributed by atoms with van der Waals surface area (Å²) < 4.78 is 11.2. The van der Waals surface area contributed by atoms with E-state index in [1.807, 2.05) is 44.2 Å². The third-order valence-electron chi connectivity index (χ3n) is 5.38. The van der Waals surface area contributed by atoms with E-state index in [1.54, 1.807) is 48.5 Å². The van der Waals surface area contributed by atoms with Gasteiger partial charge in [0.1, 0.15) is 17.3 Å². The molecule has 33 heavy (non-hydrogen) atoms. The van der Waals surface area contributed by atoms with Crippen molar-refractivity contribution in [3.8, 4) is 11.5 Å². The molecule has 1 unspecified atom stereocenters. The van der Waals surface area contributed by atoms with Crippen molar-refractivity contribution in [2.24, 2.45) is 0 Å². The maximum absolute atomic E-state index is 13.3. The van der Waals surface area contributed by atoms with Crippen LogP contribution in [-0.4, -0.2) is 30.0 Å². The number of hydrogen-bond acceptors (Lipinski definition) is 5. The zero-order chi connectivity index (χ0) is 23.5. The quantitative estimate of drug-likeness (QED) is 0.326. The Labute approximate surface area is 192 Å². The monoisotopic (exact) mass is 443 g/mol. The number of ketones is 1. The summed E-state index contributed by atoms with van der Waals surface area (Å²) in [7, 11) is 1.51. The van der Waals surface area contributed by atoms with E-state index in [0.717, 1.165) is 0 Å². The number of anilines is 1. The molecule has 3 aromatic rings. The Hall–Kier alpha value is -4.06. The second-order valence-corrected chi connectivity index (χ2v) is 7.95. The first kappa shape index (κ1) is 22.1. The van der Waals surface area contributed by atoms with Gasteiger partial charge in [-0.05, 0) is 43.7 Å². The van der Waals surface area contributed by atoms with Crippen LogP contribution in [0.15, 0.2) is 84.4 Å². The van der Waals surface area contributed by atoms with Crippen LogP contribution in [-0.2, 0) is 9.59 Å². The highest BCUT2D eigenvalue weighted by atomic mass is 16.5. The highest BCUT2D eigenvalue weighted by Gasteiger charge is 2.47. The molecule has 0 saturated carbocycles. The average Bonchev–Trinajstić information content (AvgIpc) is 3.09. The first-order valence-electron chi connectivity index (χ1n) is 10.7. The molecule has 0 aliphatic carbocycles. The molecule has 1 heterocycles. The number of amides is 1. The number of aliphatic hydroxyl groups is 1. The predicted molar refractivity (Wildman–Crippen MR) is 126 cm³/mol. The molecule has 4 rings (SSSR count). The molecular formula is C27H25NO5. The zero-order valence-corrected chi connectivity index (χ0v) is 18.7. The molecule has 168 valence electrons. The Kier molecular flexibility index (Phi) is 6.18. The SMILES string of the molecule is COc1ccccc1N1C(=O)C(=O)/C(=C(\O)c2cccc(OC(C)C)c2)C1c1ccccc1. The number of carbonyl (C=O) groups is 2. The summed E-state index contributed by atoms with van der Waals surface area (Å²) in [6, 6.07) is 22.2. The molecule has 3 aromatic carbocycles. The fourth-order valence-electron chi connectivity index (χ4n) is 4.00. The van der Waals surface area contributed by atoms with Crippen molar-refractivity contribution in [1.82, 2.24) is 0 Å². The number of benzene rings is 3. The number of carbonyl (C=O) groups excluding carboxylic acids is 2. The van der Waals surface area contributed by atoms with Crippen molar-refractivity contribution in [2.45, 2.75) is 26.0 Å². The second kappa shape index (κ2) is 9.20. The molecule has 0 aromatic heterocycles. The molecule has 0 radical (unpaired) electrons. The van der Waals surface area contributed by atoms with E-state index in [2.05, 4.69) is 0 Å². The van der Waals surface area contributed by atoms with Crippen LogP contribution >= 0.6 is 0 Å². The van der Waals surface area contributed by atoms with Gasteiger partial charge in [-0.2, -0.15) is 0 Å². The standard InChI is InChI=1S/C27H25NO5/c1-17(2)33-20-13-9-12-19(16-20)25(29)23-24(18-10-5-4-6-11-18)28(27(31)26(23)30)21-14-7-8-15-22(21)32-3/h4-17,24,29H,1-3H3/b25-23-. The van der Waals surface area contributed by atoms with Gasteiger partial charge in [0, 0.05) is 5.56 Å². The summed E-state index contributed by atoms with van der Waals surface area (Å²) in [5.41, 5.74) is 1.55. The molecule has 1 aliphatic rings. The summed E-state index contributed by atoms with van der Waals surface area (Å²) in [4.78, 5) is 27.9. The Morgan fingerprint density at radius 2 is 1.64 bits per heavy atom. The van der Waals surface area contributed by atoms with Crippen molar-refractivity contribution in [1.29, 1.82) is 0 Å². The number of para-hydroxylation sites is 2. The molecule has 1 N–H and O–H groups in total. The predicted octanol–water partition coefficient (Wildman–Crippen LogP) is 5.11. The normalized spacial score (nSPS) is 17.5. The average molecular weight is 443 g/mol. The van der Waals surface area contributed by atoms with Crippen LogP contribution in [0.4, 0.5) is 5.69 Å². The van der Waals surface area contributed by atoms with E-state index in [1.165, 1.54) is 12.0 Å². The van der Waals surface area contributed by atoms with Crippen LogP contribution in [0.25, 0.3) is 5.76 Å². The number of hydrogen-bond donors (Lipinski definition) is 1. The molecule has 1 amide bonds. The molecule has 1 aliphatic heterocycles. The highest BCUT2D eigenvalue weighted by molar-refractivity contribution is 6.51. The summed E-state index contributed by atoms with van der Waals surface area (Å²) in [6.07, 6.45) is -0.0529. The molecule has 6 nitrogen and oxygen atoms in total. The Bertz CT molecular complexity index is 1220. The maximum Gasteiger partial charge on any atom is 0.300 e. The minimum Gasteiger partial charge on any atom is -0.507 e. The van der Waals surface area contributed by atoms with Crippen LogP contribution in [0.5, 0.6) is 11.5 Å². The van der Waals surface area contributed by atoms with Crippen molar-refractivity contribution in [2.75, 3.05) is 12.0 Å². The summed E-state index contributed by atoms with van der Waals surface area (Å²) in [5.74, 6) is -0.738. The van der Waals surface area contributed by atoms with Gasteiger partial charge in [-0.3, -0.25) is 14.5 Å². The number of ether oxygens (including phenoxy) is 2. The lowest BCUT2D eigenvalue weighted by atomic mass is 9.95. The number of aliphatic hydroxyl groups excluding tert-OH is 1. The molecule has 1 atom stereocenters. The minimum absolute atomic E-state index is 0.0128. The lowest BCUT2D eigenvalue weighted by Gasteiger charge is -2.26. The molecule has 0 spiro atoms. The van der Waals surface area contributed by atoms with Gasteiger partial charge in [-0.1, -0.05) is 54.6 Å². The van der Waals surface area contributed by atoms with Crippen molar-refractivity contribution in [3.05, 3.63) is 95.6 Å². The first-order chi connectivity index (χ1) is 15.9. The van der Waals surface area contributed by atoms with Gasteiger partial charge in [-0.15, -0.1) is 0 Å². The van der Waals surface area contributed by atoms with Gasteiger partial charge in [0.2, 0.25) is 0 Å². The maximum atomic E-state index is 13.3. The summed E-state index contributed by atoms with van der Waals surface area (Å²) >= 11 is 0. The van der Waals surface area contributed by atoms with Crippen molar-refractivity contribution in [3.63, 3.8) is 0 Å². The fraction of sp³-hybridized carbons (Fsp3) is 0.185. The third-order valence-corrected chi connectivity index (χ3v) is 5.38. The van der Waals surface area contributed by atoms with Gasteiger partial charge in [-0.25, -0.2) is 0 Å². The van der Waals surface area contributed by atoms with E-state index in [-0.39, 0.29) is 17.4 Å². The van der Waals surface area contributed by atoms with Gasteiger partial charge >= 0.3 is 0 Å². The number of methoxy groups -OCH3 is 1. The lowest BCUT2D eigenvalue weighted by Crippen LogP contribution is -2.29. The fourth-order valence-corrected chi connectivity index (χ4v) is 4.00. The molecule has 6 heteroatoms. The van der Waals surface area contributed by atoms with Gasteiger partial charge in [0.05, 0.1) is 30.5 Å². The third kappa shape index (κ3) is 4.20. The largest absolute Gasteiger partial charge is 0.507 e. The highest BCUT2D eigenvalue weighted by Crippen LogP contribution is 2.44. The van der Waals surface area contributed by atoms with Crippen LogP contribution in [0.3, 0.4) is 0 Å². The van der Waals surface area contributed by atoms with Crippen LogP contribution < -0.4 is 14.4 Å². The first-order valence-corrected chi connectivity index (χ1v) is 10.7. The molecule has 1 saturated heterocycles. The number of Topliss-reactive ketones (excluding diaryl/α,β-unsaturated/α-hetero) is 1. The van der Waals surface area contributed by atoms with E-state index in [4.69, 9.17) is 9.47 Å². The smallest absolute Gasteiger partial charge is 0.300 e. The van der Waals surface area contributed by atoms with Crippen LogP contribution in [0.1, 0.15) is 31.0 Å². The van der Waals surface area contributed by atoms with E-state index in [9.17, 15) is 14.7 Å². The van der Waals surface area contributed by atoms with Crippen LogP contribution in [0.2, 0.25) is 0 Å². The summed E-state index contributed by atoms with van der Waals surface area (Å²) in [6.45, 7) is 3.81. The van der Waals surface area contributed by atoms with E-state index >= 15 is 0 Å². The van der Waals surface area contributed by atoms with Gasteiger partial charge in [0.15, 0.2) is 0 Å². The molecular weight excluding hydrogens is 418 g/mol. The van der Waals surface area contributed by atoms with Crippen LogP contribution in [0, 0.1) is 0 Å².